The zero-order valence-corrected chi connectivity index (χ0v) is 11.9. The quantitative estimate of drug-likeness (QED) is 0.886. The second kappa shape index (κ2) is 5.55. The Labute approximate surface area is 115 Å². The first-order valence-corrected chi connectivity index (χ1v) is 7.43. The first-order valence-electron chi connectivity index (χ1n) is 7.43. The molecule has 0 saturated carbocycles. The highest BCUT2D eigenvalue weighted by atomic mass is 16.5. The standard InChI is InChI=1S/C15H23N3O/c1-10(2)14-12-8-16-6-5-13(12)17-15(18-14)11-4-3-7-19-9-11/h10-11,16H,3-9H2,1-2H3. The molecule has 1 saturated heterocycles. The van der Waals surface area contributed by atoms with Crippen LogP contribution in [0.5, 0.6) is 0 Å². The first-order chi connectivity index (χ1) is 9.25. The highest BCUT2D eigenvalue weighted by Crippen LogP contribution is 2.28. The van der Waals surface area contributed by atoms with E-state index in [4.69, 9.17) is 14.7 Å². The summed E-state index contributed by atoms with van der Waals surface area (Å²) in [4.78, 5) is 9.73. The van der Waals surface area contributed by atoms with Crippen LogP contribution in [0.2, 0.25) is 0 Å². The highest BCUT2D eigenvalue weighted by molar-refractivity contribution is 5.31. The van der Waals surface area contributed by atoms with Crippen molar-refractivity contribution < 1.29 is 4.74 Å². The summed E-state index contributed by atoms with van der Waals surface area (Å²) in [7, 11) is 0. The van der Waals surface area contributed by atoms with Gasteiger partial charge in [-0.1, -0.05) is 13.8 Å². The average molecular weight is 261 g/mol. The normalized spacial score (nSPS) is 23.4. The molecule has 1 fully saturated rings. The van der Waals surface area contributed by atoms with Crippen molar-refractivity contribution in [3.05, 3.63) is 22.8 Å². The molecule has 2 aliphatic rings. The molecule has 1 aromatic rings. The summed E-state index contributed by atoms with van der Waals surface area (Å²) in [5.74, 6) is 1.87. The minimum Gasteiger partial charge on any atom is -0.381 e. The van der Waals surface area contributed by atoms with Gasteiger partial charge in [0.05, 0.1) is 18.0 Å². The van der Waals surface area contributed by atoms with E-state index in [1.165, 1.54) is 17.0 Å². The highest BCUT2D eigenvalue weighted by Gasteiger charge is 2.24. The molecule has 4 nitrogen and oxygen atoms in total. The van der Waals surface area contributed by atoms with Crippen LogP contribution < -0.4 is 5.32 Å². The molecule has 0 aliphatic carbocycles. The summed E-state index contributed by atoms with van der Waals surface area (Å²) in [6.07, 6.45) is 3.32. The minimum atomic E-state index is 0.395. The minimum absolute atomic E-state index is 0.395. The SMILES string of the molecule is CC(C)c1nc(C2CCCOC2)nc2c1CNCC2. The maximum Gasteiger partial charge on any atom is 0.134 e. The molecule has 0 spiro atoms. The molecule has 1 N–H and O–H groups in total. The third-order valence-corrected chi connectivity index (χ3v) is 4.05. The molecular weight excluding hydrogens is 238 g/mol. The second-order valence-electron chi connectivity index (χ2n) is 5.89. The molecule has 1 unspecified atom stereocenters. The maximum absolute atomic E-state index is 5.59. The summed E-state index contributed by atoms with van der Waals surface area (Å²) in [5, 5.41) is 3.43. The van der Waals surface area contributed by atoms with Crippen LogP contribution in [0.4, 0.5) is 0 Å². The van der Waals surface area contributed by atoms with Crippen LogP contribution >= 0.6 is 0 Å². The number of hydrogen-bond donors (Lipinski definition) is 1. The van der Waals surface area contributed by atoms with Crippen LogP contribution in [0, 0.1) is 0 Å². The van der Waals surface area contributed by atoms with Gasteiger partial charge in [-0.15, -0.1) is 0 Å². The second-order valence-corrected chi connectivity index (χ2v) is 5.89. The van der Waals surface area contributed by atoms with Gasteiger partial charge in [0.15, 0.2) is 0 Å². The van der Waals surface area contributed by atoms with Crippen LogP contribution in [0.1, 0.15) is 61.3 Å². The molecule has 3 heterocycles. The smallest absolute Gasteiger partial charge is 0.134 e. The van der Waals surface area contributed by atoms with E-state index in [9.17, 15) is 0 Å². The molecular formula is C15H23N3O. The zero-order valence-electron chi connectivity index (χ0n) is 11.9. The van der Waals surface area contributed by atoms with Crippen molar-refractivity contribution in [2.75, 3.05) is 19.8 Å². The fourth-order valence-corrected chi connectivity index (χ4v) is 2.99. The molecule has 0 radical (unpaired) electrons. The number of nitrogens with one attached hydrogen (secondary N) is 1. The van der Waals surface area contributed by atoms with E-state index in [0.29, 0.717) is 11.8 Å². The molecule has 104 valence electrons. The van der Waals surface area contributed by atoms with Crippen LogP contribution in [0.25, 0.3) is 0 Å². The van der Waals surface area contributed by atoms with Gasteiger partial charge >= 0.3 is 0 Å². The van der Waals surface area contributed by atoms with Gasteiger partial charge in [-0.3, -0.25) is 0 Å². The van der Waals surface area contributed by atoms with Crippen molar-refractivity contribution in [1.82, 2.24) is 15.3 Å². The van der Waals surface area contributed by atoms with Crippen LogP contribution in [0.3, 0.4) is 0 Å². The van der Waals surface area contributed by atoms with Crippen molar-refractivity contribution in [3.63, 3.8) is 0 Å². The van der Waals surface area contributed by atoms with Gasteiger partial charge in [-0.05, 0) is 18.8 Å². The van der Waals surface area contributed by atoms with E-state index < -0.39 is 0 Å². The topological polar surface area (TPSA) is 47.0 Å². The Morgan fingerprint density at radius 3 is 2.95 bits per heavy atom. The van der Waals surface area contributed by atoms with E-state index in [1.807, 2.05) is 0 Å². The molecule has 0 bridgehead atoms. The number of hydrogen-bond acceptors (Lipinski definition) is 4. The number of ether oxygens (including phenoxy) is 1. The number of fused-ring (bicyclic) bond motifs is 1. The molecule has 3 rings (SSSR count). The van der Waals surface area contributed by atoms with Gasteiger partial charge < -0.3 is 10.1 Å². The molecule has 4 heteroatoms. The lowest BCUT2D eigenvalue weighted by atomic mass is 9.96. The lowest BCUT2D eigenvalue weighted by Gasteiger charge is -2.26. The Hall–Kier alpha value is -1.00. The van der Waals surface area contributed by atoms with Gasteiger partial charge in [0.1, 0.15) is 5.82 Å². The van der Waals surface area contributed by atoms with Gasteiger partial charge in [0.25, 0.3) is 0 Å². The Morgan fingerprint density at radius 1 is 1.32 bits per heavy atom. The average Bonchev–Trinajstić information content (AvgIpc) is 2.47. The number of nitrogens with zero attached hydrogens (tertiary/aromatic N) is 2. The van der Waals surface area contributed by atoms with Crippen LogP contribution in [0.15, 0.2) is 0 Å². The molecule has 19 heavy (non-hydrogen) atoms. The lowest BCUT2D eigenvalue weighted by molar-refractivity contribution is 0.0778. The van der Waals surface area contributed by atoms with Gasteiger partial charge in [-0.25, -0.2) is 9.97 Å². The van der Waals surface area contributed by atoms with E-state index in [1.54, 1.807) is 0 Å². The summed E-state index contributed by atoms with van der Waals surface area (Å²) in [6.45, 7) is 8.07. The van der Waals surface area contributed by atoms with E-state index in [-0.39, 0.29) is 0 Å². The Kier molecular flexibility index (Phi) is 3.80. The van der Waals surface area contributed by atoms with E-state index >= 15 is 0 Å². The van der Waals surface area contributed by atoms with Crippen LogP contribution in [-0.4, -0.2) is 29.7 Å². The molecule has 0 aromatic carbocycles. The Morgan fingerprint density at radius 2 is 2.21 bits per heavy atom. The Balaban J connectivity index is 1.98. The van der Waals surface area contributed by atoms with E-state index in [2.05, 4.69) is 19.2 Å². The zero-order chi connectivity index (χ0) is 13.2. The van der Waals surface area contributed by atoms with Crippen LogP contribution in [-0.2, 0) is 17.7 Å². The van der Waals surface area contributed by atoms with Crippen molar-refractivity contribution in [2.24, 2.45) is 0 Å². The lowest BCUT2D eigenvalue weighted by Crippen LogP contribution is -2.29. The van der Waals surface area contributed by atoms with Crippen molar-refractivity contribution in [3.8, 4) is 0 Å². The van der Waals surface area contributed by atoms with Gasteiger partial charge in [-0.2, -0.15) is 0 Å². The fourth-order valence-electron chi connectivity index (χ4n) is 2.99. The summed E-state index contributed by atoms with van der Waals surface area (Å²) in [6, 6.07) is 0. The predicted octanol–water partition coefficient (Wildman–Crippen LogP) is 2.14. The number of aromatic nitrogens is 2. The molecule has 1 atom stereocenters. The predicted molar refractivity (Wildman–Crippen MR) is 74.3 cm³/mol. The summed E-state index contributed by atoms with van der Waals surface area (Å²) < 4.78 is 5.59. The Bertz CT molecular complexity index is 453. The monoisotopic (exact) mass is 261 g/mol. The first kappa shape index (κ1) is 13.0. The van der Waals surface area contributed by atoms with Crippen molar-refractivity contribution in [2.45, 2.75) is 51.5 Å². The molecule has 1 aromatic heterocycles. The molecule has 0 amide bonds. The fraction of sp³-hybridized carbons (Fsp3) is 0.733. The third-order valence-electron chi connectivity index (χ3n) is 4.05. The van der Waals surface area contributed by atoms with Crippen molar-refractivity contribution in [1.29, 1.82) is 0 Å². The third kappa shape index (κ3) is 2.65. The summed E-state index contributed by atoms with van der Waals surface area (Å²) in [5.41, 5.74) is 3.83. The molecule has 2 aliphatic heterocycles. The van der Waals surface area contributed by atoms with Gasteiger partial charge in [0.2, 0.25) is 0 Å². The van der Waals surface area contributed by atoms with E-state index in [0.717, 1.165) is 51.4 Å². The van der Waals surface area contributed by atoms with Crippen molar-refractivity contribution >= 4 is 0 Å². The maximum atomic E-state index is 5.59. The van der Waals surface area contributed by atoms with Gasteiger partial charge in [0, 0.05) is 37.6 Å². The summed E-state index contributed by atoms with van der Waals surface area (Å²) >= 11 is 0. The largest absolute Gasteiger partial charge is 0.381 e. The number of rotatable bonds is 2.